The molecule has 0 aromatic heterocycles. The van der Waals surface area contributed by atoms with Crippen LogP contribution >= 0.6 is 0 Å². The van der Waals surface area contributed by atoms with Gasteiger partial charge in [0.2, 0.25) is 0 Å². The molecule has 0 radical (unpaired) electrons. The normalized spacial score (nSPS) is 8.86. The van der Waals surface area contributed by atoms with Gasteiger partial charge in [0.15, 0.2) is 0 Å². The summed E-state index contributed by atoms with van der Waals surface area (Å²) in [6, 6.07) is 0. The highest BCUT2D eigenvalue weighted by Crippen LogP contribution is 1.85. The zero-order valence-electron chi connectivity index (χ0n) is 4.61. The first-order chi connectivity index (χ1) is 3.41. The van der Waals surface area contributed by atoms with E-state index in [9.17, 15) is 4.32 Å². The van der Waals surface area contributed by atoms with E-state index in [0.717, 1.165) is 12.8 Å². The van der Waals surface area contributed by atoms with Gasteiger partial charge in [-0.25, -0.2) is 0 Å². The standard InChI is InChI=1S/C4H10BFO/c1-2-3-4-7-5-6/h5H,2-4H2,1H3. The maximum Gasteiger partial charge on any atom is 0.482 e. The molecule has 0 aromatic carbocycles. The fraction of sp³-hybridized carbons (Fsp3) is 1.00. The molecule has 0 saturated carbocycles. The molecule has 0 spiro atoms. The van der Waals surface area contributed by atoms with Crippen LogP contribution in [-0.2, 0) is 4.65 Å². The Morgan fingerprint density at radius 2 is 2.43 bits per heavy atom. The van der Waals surface area contributed by atoms with E-state index in [0.29, 0.717) is 6.61 Å². The second-order valence-electron chi connectivity index (χ2n) is 1.37. The van der Waals surface area contributed by atoms with E-state index >= 15 is 0 Å². The van der Waals surface area contributed by atoms with E-state index in [-0.39, 0.29) is 0 Å². The third kappa shape index (κ3) is 5.95. The van der Waals surface area contributed by atoms with Gasteiger partial charge in [0, 0.05) is 6.61 Å². The quantitative estimate of drug-likeness (QED) is 0.382. The van der Waals surface area contributed by atoms with Crippen LogP contribution in [0.15, 0.2) is 0 Å². The number of unbranched alkanes of at least 4 members (excludes halogenated alkanes) is 1. The first-order valence-electron chi connectivity index (χ1n) is 2.55. The van der Waals surface area contributed by atoms with Crippen LogP contribution in [0, 0.1) is 0 Å². The lowest BCUT2D eigenvalue weighted by Gasteiger charge is -1.91. The van der Waals surface area contributed by atoms with Crippen LogP contribution in [0.2, 0.25) is 0 Å². The molecule has 0 heterocycles. The highest BCUT2D eigenvalue weighted by Gasteiger charge is 1.83. The molecule has 42 valence electrons. The van der Waals surface area contributed by atoms with Crippen LogP contribution in [0.5, 0.6) is 0 Å². The van der Waals surface area contributed by atoms with Gasteiger partial charge < -0.3 is 4.65 Å². The summed E-state index contributed by atoms with van der Waals surface area (Å²) in [5.41, 5.74) is 0. The van der Waals surface area contributed by atoms with Crippen molar-refractivity contribution in [1.29, 1.82) is 0 Å². The van der Waals surface area contributed by atoms with Crippen molar-refractivity contribution in [3.63, 3.8) is 0 Å². The van der Waals surface area contributed by atoms with Gasteiger partial charge >= 0.3 is 7.76 Å². The smallest absolute Gasteiger partial charge is 0.411 e. The number of halogens is 1. The van der Waals surface area contributed by atoms with Gasteiger partial charge in [0.1, 0.15) is 0 Å². The molecule has 0 aliphatic carbocycles. The maximum absolute atomic E-state index is 11.1. The van der Waals surface area contributed by atoms with Gasteiger partial charge in [-0.05, 0) is 6.42 Å². The second kappa shape index (κ2) is 5.95. The molecule has 0 N–H and O–H groups in total. The van der Waals surface area contributed by atoms with Crippen LogP contribution in [0.1, 0.15) is 19.8 Å². The molecule has 0 saturated heterocycles. The van der Waals surface area contributed by atoms with E-state index in [4.69, 9.17) is 0 Å². The van der Waals surface area contributed by atoms with Gasteiger partial charge in [-0.1, -0.05) is 13.3 Å². The molecule has 7 heavy (non-hydrogen) atoms. The summed E-state index contributed by atoms with van der Waals surface area (Å²) in [5.74, 6) is 0. The first kappa shape index (κ1) is 6.95. The van der Waals surface area contributed by atoms with Crippen LogP contribution in [0.4, 0.5) is 4.32 Å². The highest BCUT2D eigenvalue weighted by atomic mass is 19.1. The minimum atomic E-state index is -0.639. The molecule has 0 aliphatic heterocycles. The summed E-state index contributed by atoms with van der Waals surface area (Å²) < 4.78 is 15.5. The lowest BCUT2D eigenvalue weighted by molar-refractivity contribution is 0.303. The third-order valence-corrected chi connectivity index (χ3v) is 0.719. The molecule has 1 nitrogen and oxygen atoms in total. The Bertz CT molecular complexity index is 30.9. The molecular formula is C4H10BFO. The molecule has 0 unspecified atom stereocenters. The third-order valence-electron chi connectivity index (χ3n) is 0.719. The van der Waals surface area contributed by atoms with Crippen molar-refractivity contribution in [3.05, 3.63) is 0 Å². The molecule has 0 amide bonds. The van der Waals surface area contributed by atoms with E-state index in [1.54, 1.807) is 0 Å². The van der Waals surface area contributed by atoms with Crippen LogP contribution in [0.25, 0.3) is 0 Å². The Morgan fingerprint density at radius 1 is 1.71 bits per heavy atom. The molecule has 0 rings (SSSR count). The van der Waals surface area contributed by atoms with Crippen LogP contribution in [-0.4, -0.2) is 14.4 Å². The van der Waals surface area contributed by atoms with Crippen molar-refractivity contribution in [2.45, 2.75) is 19.8 Å². The van der Waals surface area contributed by atoms with E-state index < -0.39 is 7.76 Å². The highest BCUT2D eigenvalue weighted by molar-refractivity contribution is 6.16. The summed E-state index contributed by atoms with van der Waals surface area (Å²) in [6.07, 6.45) is 2.03. The maximum atomic E-state index is 11.1. The topological polar surface area (TPSA) is 9.23 Å². The van der Waals surface area contributed by atoms with Gasteiger partial charge in [0.05, 0.1) is 0 Å². The molecule has 0 atom stereocenters. The predicted molar refractivity (Wildman–Crippen MR) is 29.1 cm³/mol. The van der Waals surface area contributed by atoms with Gasteiger partial charge in [-0.3, -0.25) is 4.32 Å². The van der Waals surface area contributed by atoms with Crippen molar-refractivity contribution >= 4 is 7.76 Å². The van der Waals surface area contributed by atoms with Crippen molar-refractivity contribution in [3.8, 4) is 0 Å². The fourth-order valence-corrected chi connectivity index (χ4v) is 0.301. The Labute approximate surface area is 44.2 Å². The summed E-state index contributed by atoms with van der Waals surface area (Å²) in [4.78, 5) is 0. The van der Waals surface area contributed by atoms with Crippen molar-refractivity contribution in [1.82, 2.24) is 0 Å². The van der Waals surface area contributed by atoms with Crippen LogP contribution in [0.3, 0.4) is 0 Å². The number of hydrogen-bond donors (Lipinski definition) is 0. The Balaban J connectivity index is 2.45. The lowest BCUT2D eigenvalue weighted by Crippen LogP contribution is -1.93. The molecule has 3 heteroatoms. The minimum Gasteiger partial charge on any atom is -0.411 e. The molecule has 0 fully saturated rings. The Morgan fingerprint density at radius 3 is 2.86 bits per heavy atom. The predicted octanol–water partition coefficient (Wildman–Crippen LogP) is 1.04. The summed E-state index contributed by atoms with van der Waals surface area (Å²) in [5, 5.41) is 0. The van der Waals surface area contributed by atoms with E-state index in [1.165, 1.54) is 0 Å². The number of hydrogen-bond acceptors (Lipinski definition) is 1. The molecule has 0 aromatic rings. The SMILES string of the molecule is CCCCOBF. The Kier molecular flexibility index (Phi) is 5.92. The lowest BCUT2D eigenvalue weighted by atomic mass is 10.3. The van der Waals surface area contributed by atoms with Crippen LogP contribution < -0.4 is 0 Å². The largest absolute Gasteiger partial charge is 0.482 e. The van der Waals surface area contributed by atoms with Crippen molar-refractivity contribution in [2.75, 3.05) is 6.61 Å². The van der Waals surface area contributed by atoms with Gasteiger partial charge in [-0.2, -0.15) is 0 Å². The zero-order chi connectivity index (χ0) is 5.54. The van der Waals surface area contributed by atoms with Gasteiger partial charge in [-0.15, -0.1) is 0 Å². The van der Waals surface area contributed by atoms with Gasteiger partial charge in [0.25, 0.3) is 0 Å². The second-order valence-corrected chi connectivity index (χ2v) is 1.37. The summed E-state index contributed by atoms with van der Waals surface area (Å²) >= 11 is 0. The Hall–Kier alpha value is -0.0451. The first-order valence-corrected chi connectivity index (χ1v) is 2.55. The van der Waals surface area contributed by atoms with Crippen molar-refractivity contribution < 1.29 is 8.97 Å². The summed E-state index contributed by atoms with van der Waals surface area (Å²) in [7, 11) is -0.639. The van der Waals surface area contributed by atoms with E-state index in [2.05, 4.69) is 4.65 Å². The average molecular weight is 104 g/mol. The van der Waals surface area contributed by atoms with E-state index in [1.807, 2.05) is 6.92 Å². The van der Waals surface area contributed by atoms with Crippen molar-refractivity contribution in [2.24, 2.45) is 0 Å². The molecular weight excluding hydrogens is 93.9 g/mol. The monoisotopic (exact) mass is 104 g/mol. The minimum absolute atomic E-state index is 0.562. The zero-order valence-corrected chi connectivity index (χ0v) is 4.61. The molecule has 0 aliphatic rings. The average Bonchev–Trinajstić information content (AvgIpc) is 1.69. The number of rotatable bonds is 4. The molecule has 0 bridgehead atoms. The summed E-state index contributed by atoms with van der Waals surface area (Å²) in [6.45, 7) is 2.61. The fourth-order valence-electron chi connectivity index (χ4n) is 0.301.